The maximum Gasteiger partial charge on any atom is 0.341 e. The summed E-state index contributed by atoms with van der Waals surface area (Å²) in [5.74, 6) is -2.12. The number of esters is 1. The molecule has 1 atom stereocenters. The Bertz CT molecular complexity index is 748. The fourth-order valence-corrected chi connectivity index (χ4v) is 2.06. The van der Waals surface area contributed by atoms with E-state index in [4.69, 9.17) is 16.3 Å². The number of rotatable bonds is 4. The molecule has 1 amide bonds. The fraction of sp³-hybridized carbons (Fsp3) is 0.176. The SMILES string of the molecule is Cc1c(Cl)cccc1NC(=O)[C@@H](C)OC(=O)c1ccccc1F. The number of ether oxygens (including phenoxy) is 1. The van der Waals surface area contributed by atoms with Crippen LogP contribution >= 0.6 is 11.6 Å². The maximum atomic E-state index is 13.5. The quantitative estimate of drug-likeness (QED) is 0.860. The summed E-state index contributed by atoms with van der Waals surface area (Å²) in [4.78, 5) is 24.0. The molecular weight excluding hydrogens is 321 g/mol. The van der Waals surface area contributed by atoms with Gasteiger partial charge in [0, 0.05) is 10.7 Å². The number of nitrogens with one attached hydrogen (secondary N) is 1. The van der Waals surface area contributed by atoms with E-state index in [1.54, 1.807) is 25.1 Å². The Kier molecular flexibility index (Phi) is 5.34. The highest BCUT2D eigenvalue weighted by atomic mass is 35.5. The zero-order chi connectivity index (χ0) is 17.0. The third-order valence-corrected chi connectivity index (χ3v) is 3.68. The summed E-state index contributed by atoms with van der Waals surface area (Å²) < 4.78 is 18.5. The Labute approximate surface area is 138 Å². The Balaban J connectivity index is 2.04. The number of halogens is 2. The van der Waals surface area contributed by atoms with Gasteiger partial charge >= 0.3 is 5.97 Å². The molecule has 2 aromatic rings. The lowest BCUT2D eigenvalue weighted by molar-refractivity contribution is -0.123. The van der Waals surface area contributed by atoms with E-state index in [2.05, 4.69) is 5.32 Å². The van der Waals surface area contributed by atoms with Crippen molar-refractivity contribution in [1.29, 1.82) is 0 Å². The molecule has 2 rings (SSSR count). The van der Waals surface area contributed by atoms with Gasteiger partial charge in [0.2, 0.25) is 0 Å². The van der Waals surface area contributed by atoms with Gasteiger partial charge in [0.05, 0.1) is 5.56 Å². The van der Waals surface area contributed by atoms with Gasteiger partial charge in [0.15, 0.2) is 6.10 Å². The number of anilines is 1. The van der Waals surface area contributed by atoms with Crippen LogP contribution in [0, 0.1) is 12.7 Å². The van der Waals surface area contributed by atoms with Gasteiger partial charge in [0.1, 0.15) is 5.82 Å². The highest BCUT2D eigenvalue weighted by Gasteiger charge is 2.21. The average Bonchev–Trinajstić information content (AvgIpc) is 2.52. The van der Waals surface area contributed by atoms with Gasteiger partial charge in [-0.15, -0.1) is 0 Å². The Hall–Kier alpha value is -2.40. The van der Waals surface area contributed by atoms with Crippen LogP contribution in [0.5, 0.6) is 0 Å². The van der Waals surface area contributed by atoms with Crippen molar-refractivity contribution in [1.82, 2.24) is 0 Å². The van der Waals surface area contributed by atoms with Gasteiger partial charge in [-0.25, -0.2) is 9.18 Å². The Morgan fingerprint density at radius 2 is 1.87 bits per heavy atom. The summed E-state index contributed by atoms with van der Waals surface area (Å²) in [6.07, 6.45) is -1.08. The first kappa shape index (κ1) is 17.0. The molecule has 0 aliphatic rings. The van der Waals surface area contributed by atoms with Gasteiger partial charge in [0.25, 0.3) is 5.91 Å². The van der Waals surface area contributed by atoms with Crippen molar-refractivity contribution in [3.63, 3.8) is 0 Å². The number of hydrogen-bond donors (Lipinski definition) is 1. The normalized spacial score (nSPS) is 11.7. The van der Waals surface area contributed by atoms with Gasteiger partial charge in [-0.05, 0) is 43.7 Å². The molecule has 0 bridgehead atoms. The molecule has 0 spiro atoms. The minimum Gasteiger partial charge on any atom is -0.449 e. The van der Waals surface area contributed by atoms with E-state index in [9.17, 15) is 14.0 Å². The first-order chi connectivity index (χ1) is 10.9. The van der Waals surface area contributed by atoms with Crippen molar-refractivity contribution in [2.75, 3.05) is 5.32 Å². The van der Waals surface area contributed by atoms with Crippen LogP contribution in [-0.4, -0.2) is 18.0 Å². The van der Waals surface area contributed by atoms with Crippen molar-refractivity contribution in [3.8, 4) is 0 Å². The van der Waals surface area contributed by atoms with Crippen LogP contribution in [0.2, 0.25) is 5.02 Å². The predicted octanol–water partition coefficient (Wildman–Crippen LogP) is 3.97. The first-order valence-electron chi connectivity index (χ1n) is 6.91. The predicted molar refractivity (Wildman–Crippen MR) is 86.1 cm³/mol. The van der Waals surface area contributed by atoms with E-state index < -0.39 is 23.8 Å². The van der Waals surface area contributed by atoms with Crippen LogP contribution in [0.4, 0.5) is 10.1 Å². The second-order valence-electron chi connectivity index (χ2n) is 4.93. The molecule has 0 saturated carbocycles. The Morgan fingerprint density at radius 1 is 1.17 bits per heavy atom. The van der Waals surface area contributed by atoms with E-state index in [1.165, 1.54) is 25.1 Å². The molecule has 0 fully saturated rings. The lowest BCUT2D eigenvalue weighted by atomic mass is 10.2. The summed E-state index contributed by atoms with van der Waals surface area (Å²) in [5, 5.41) is 3.14. The molecule has 0 aliphatic carbocycles. The van der Waals surface area contributed by atoms with Crippen LogP contribution in [0.15, 0.2) is 42.5 Å². The van der Waals surface area contributed by atoms with Gasteiger partial charge in [-0.1, -0.05) is 29.8 Å². The summed E-state index contributed by atoms with van der Waals surface area (Å²) in [6, 6.07) is 10.5. The number of amides is 1. The third kappa shape index (κ3) is 4.07. The second kappa shape index (κ2) is 7.24. The molecule has 23 heavy (non-hydrogen) atoms. The summed E-state index contributed by atoms with van der Waals surface area (Å²) in [7, 11) is 0. The summed E-state index contributed by atoms with van der Waals surface area (Å²) in [5.41, 5.74) is 1.01. The highest BCUT2D eigenvalue weighted by Crippen LogP contribution is 2.23. The summed E-state index contributed by atoms with van der Waals surface area (Å²) >= 11 is 5.98. The van der Waals surface area contributed by atoms with Crippen LogP contribution < -0.4 is 5.32 Å². The number of benzene rings is 2. The van der Waals surface area contributed by atoms with E-state index >= 15 is 0 Å². The smallest absolute Gasteiger partial charge is 0.341 e. The van der Waals surface area contributed by atoms with Gasteiger partial charge in [-0.2, -0.15) is 0 Å². The molecule has 1 N–H and O–H groups in total. The first-order valence-corrected chi connectivity index (χ1v) is 7.29. The molecule has 0 heterocycles. The second-order valence-corrected chi connectivity index (χ2v) is 5.34. The van der Waals surface area contributed by atoms with Crippen molar-refractivity contribution < 1.29 is 18.7 Å². The summed E-state index contributed by atoms with van der Waals surface area (Å²) in [6.45, 7) is 3.17. The maximum absolute atomic E-state index is 13.5. The molecule has 0 radical (unpaired) electrons. The van der Waals surface area contributed by atoms with E-state index in [1.807, 2.05) is 0 Å². The van der Waals surface area contributed by atoms with Crippen molar-refractivity contribution in [2.45, 2.75) is 20.0 Å². The van der Waals surface area contributed by atoms with Gasteiger partial charge < -0.3 is 10.1 Å². The number of hydrogen-bond acceptors (Lipinski definition) is 3. The van der Waals surface area contributed by atoms with Crippen LogP contribution in [0.25, 0.3) is 0 Å². The minimum absolute atomic E-state index is 0.217. The van der Waals surface area contributed by atoms with Crippen molar-refractivity contribution in [3.05, 3.63) is 64.4 Å². The van der Waals surface area contributed by atoms with Crippen LogP contribution in [0.3, 0.4) is 0 Å². The molecule has 0 saturated heterocycles. The molecule has 6 heteroatoms. The Morgan fingerprint density at radius 3 is 2.57 bits per heavy atom. The zero-order valence-corrected chi connectivity index (χ0v) is 13.4. The zero-order valence-electron chi connectivity index (χ0n) is 12.6. The fourth-order valence-electron chi connectivity index (χ4n) is 1.88. The van der Waals surface area contributed by atoms with Gasteiger partial charge in [-0.3, -0.25) is 4.79 Å². The topological polar surface area (TPSA) is 55.4 Å². The third-order valence-electron chi connectivity index (χ3n) is 3.27. The molecule has 2 aromatic carbocycles. The van der Waals surface area contributed by atoms with Crippen molar-refractivity contribution in [2.24, 2.45) is 0 Å². The molecule has 120 valence electrons. The molecule has 0 aromatic heterocycles. The molecule has 0 aliphatic heterocycles. The van der Waals surface area contributed by atoms with Crippen LogP contribution in [-0.2, 0) is 9.53 Å². The standard InChI is InChI=1S/C17H15ClFNO3/c1-10-13(18)7-5-9-15(10)20-16(21)11(2)23-17(22)12-6-3-4-8-14(12)19/h3-9,11H,1-2H3,(H,20,21)/t11-/m1/s1. The number of carbonyl (C=O) groups excluding carboxylic acids is 2. The van der Waals surface area contributed by atoms with Crippen LogP contribution in [0.1, 0.15) is 22.8 Å². The lowest BCUT2D eigenvalue weighted by Crippen LogP contribution is -2.30. The largest absolute Gasteiger partial charge is 0.449 e. The minimum atomic E-state index is -1.08. The number of carbonyl (C=O) groups is 2. The monoisotopic (exact) mass is 335 g/mol. The molecule has 0 unspecified atom stereocenters. The van der Waals surface area contributed by atoms with E-state index in [-0.39, 0.29) is 5.56 Å². The molecular formula is C17H15ClFNO3. The van der Waals surface area contributed by atoms with E-state index in [0.29, 0.717) is 16.3 Å². The van der Waals surface area contributed by atoms with Crippen molar-refractivity contribution >= 4 is 29.2 Å². The lowest BCUT2D eigenvalue weighted by Gasteiger charge is -2.15. The van der Waals surface area contributed by atoms with E-state index in [0.717, 1.165) is 6.07 Å². The highest BCUT2D eigenvalue weighted by molar-refractivity contribution is 6.31. The molecule has 4 nitrogen and oxygen atoms in total. The average molecular weight is 336 g/mol.